The van der Waals surface area contributed by atoms with Crippen LogP contribution in [0, 0.1) is 0 Å². The first-order valence-electron chi connectivity index (χ1n) is 5.39. The fraction of sp³-hybridized carbons (Fsp3) is 0.385. The Kier molecular flexibility index (Phi) is 2.78. The standard InChI is InChI=1S/C13H17NO/c1-10(15)6-7-11-4-3-5-12-8-9-14(2)13(11)12/h3-5,8-10,15H,6-7H2,1-2H3/t10-/m0/s1. The number of aliphatic hydroxyl groups is 1. The highest BCUT2D eigenvalue weighted by Crippen LogP contribution is 2.20. The van der Waals surface area contributed by atoms with E-state index in [2.05, 4.69) is 42.1 Å². The predicted octanol–water partition coefficient (Wildman–Crippen LogP) is 2.49. The first-order valence-corrected chi connectivity index (χ1v) is 5.39. The lowest BCUT2D eigenvalue weighted by Crippen LogP contribution is -2.02. The Morgan fingerprint density at radius 1 is 1.33 bits per heavy atom. The van der Waals surface area contributed by atoms with Crippen LogP contribution < -0.4 is 0 Å². The summed E-state index contributed by atoms with van der Waals surface area (Å²) in [5.41, 5.74) is 2.61. The average molecular weight is 203 g/mol. The van der Waals surface area contributed by atoms with Crippen LogP contribution >= 0.6 is 0 Å². The second-order valence-corrected chi connectivity index (χ2v) is 4.17. The molecule has 0 unspecified atom stereocenters. The van der Waals surface area contributed by atoms with Gasteiger partial charge in [-0.05, 0) is 36.8 Å². The maximum absolute atomic E-state index is 9.30. The van der Waals surface area contributed by atoms with E-state index < -0.39 is 0 Å². The molecule has 0 aliphatic rings. The third-order valence-electron chi connectivity index (χ3n) is 2.81. The molecule has 2 heteroatoms. The zero-order chi connectivity index (χ0) is 10.8. The van der Waals surface area contributed by atoms with Gasteiger partial charge in [0, 0.05) is 13.2 Å². The van der Waals surface area contributed by atoms with Gasteiger partial charge in [-0.2, -0.15) is 0 Å². The molecular formula is C13H17NO. The number of benzene rings is 1. The highest BCUT2D eigenvalue weighted by molar-refractivity contribution is 5.83. The molecule has 0 saturated carbocycles. The van der Waals surface area contributed by atoms with Crippen LogP contribution in [0.4, 0.5) is 0 Å². The van der Waals surface area contributed by atoms with Gasteiger partial charge in [0.25, 0.3) is 0 Å². The molecule has 1 atom stereocenters. The molecule has 0 radical (unpaired) electrons. The Bertz CT molecular complexity index is 457. The van der Waals surface area contributed by atoms with Crippen molar-refractivity contribution < 1.29 is 5.11 Å². The van der Waals surface area contributed by atoms with Gasteiger partial charge in [-0.3, -0.25) is 0 Å². The molecular weight excluding hydrogens is 186 g/mol. The fourth-order valence-electron chi connectivity index (χ4n) is 2.01. The summed E-state index contributed by atoms with van der Waals surface area (Å²) >= 11 is 0. The Morgan fingerprint density at radius 2 is 2.13 bits per heavy atom. The summed E-state index contributed by atoms with van der Waals surface area (Å²) in [7, 11) is 2.06. The topological polar surface area (TPSA) is 25.2 Å². The Labute approximate surface area is 90.2 Å². The minimum Gasteiger partial charge on any atom is -0.393 e. The number of aliphatic hydroxyl groups excluding tert-OH is 1. The largest absolute Gasteiger partial charge is 0.393 e. The van der Waals surface area contributed by atoms with Gasteiger partial charge in [-0.15, -0.1) is 0 Å². The predicted molar refractivity (Wildman–Crippen MR) is 62.9 cm³/mol. The number of hydrogen-bond donors (Lipinski definition) is 1. The molecule has 1 N–H and O–H groups in total. The van der Waals surface area contributed by atoms with Crippen molar-refractivity contribution in [2.24, 2.45) is 7.05 Å². The van der Waals surface area contributed by atoms with E-state index in [-0.39, 0.29) is 6.10 Å². The van der Waals surface area contributed by atoms with Crippen molar-refractivity contribution in [2.45, 2.75) is 25.9 Å². The number of aromatic nitrogens is 1. The van der Waals surface area contributed by atoms with E-state index in [1.54, 1.807) is 0 Å². The molecule has 80 valence electrons. The van der Waals surface area contributed by atoms with Crippen molar-refractivity contribution in [3.63, 3.8) is 0 Å². The molecule has 0 aliphatic carbocycles. The van der Waals surface area contributed by atoms with Crippen molar-refractivity contribution in [3.05, 3.63) is 36.0 Å². The lowest BCUT2D eigenvalue weighted by atomic mass is 10.0. The van der Waals surface area contributed by atoms with E-state index in [1.807, 2.05) is 6.92 Å². The molecule has 0 saturated heterocycles. The average Bonchev–Trinajstić information content (AvgIpc) is 2.58. The fourth-order valence-corrected chi connectivity index (χ4v) is 2.01. The molecule has 1 heterocycles. The van der Waals surface area contributed by atoms with Crippen LogP contribution in [-0.2, 0) is 13.5 Å². The summed E-state index contributed by atoms with van der Waals surface area (Å²) in [4.78, 5) is 0. The minimum atomic E-state index is -0.222. The summed E-state index contributed by atoms with van der Waals surface area (Å²) in [5.74, 6) is 0. The van der Waals surface area contributed by atoms with E-state index in [0.29, 0.717) is 0 Å². The summed E-state index contributed by atoms with van der Waals surface area (Å²) in [5, 5.41) is 10.6. The Hall–Kier alpha value is -1.28. The molecule has 0 aliphatic heterocycles. The van der Waals surface area contributed by atoms with Gasteiger partial charge >= 0.3 is 0 Å². The molecule has 0 amide bonds. The number of aryl methyl sites for hydroxylation is 2. The van der Waals surface area contributed by atoms with Crippen LogP contribution in [0.1, 0.15) is 18.9 Å². The molecule has 1 aromatic heterocycles. The van der Waals surface area contributed by atoms with Crippen LogP contribution in [-0.4, -0.2) is 15.8 Å². The molecule has 0 spiro atoms. The van der Waals surface area contributed by atoms with E-state index in [1.165, 1.54) is 16.5 Å². The second-order valence-electron chi connectivity index (χ2n) is 4.17. The molecule has 0 fully saturated rings. The molecule has 0 bridgehead atoms. The third-order valence-corrected chi connectivity index (χ3v) is 2.81. The lowest BCUT2D eigenvalue weighted by Gasteiger charge is -2.07. The zero-order valence-corrected chi connectivity index (χ0v) is 9.27. The van der Waals surface area contributed by atoms with Crippen LogP contribution in [0.5, 0.6) is 0 Å². The maximum atomic E-state index is 9.30. The third kappa shape index (κ3) is 2.05. The molecule has 1 aromatic carbocycles. The number of hydrogen-bond acceptors (Lipinski definition) is 1. The SMILES string of the molecule is C[C@H](O)CCc1cccc2ccn(C)c12. The quantitative estimate of drug-likeness (QED) is 0.814. The van der Waals surface area contributed by atoms with Crippen LogP contribution in [0.2, 0.25) is 0 Å². The van der Waals surface area contributed by atoms with Crippen molar-refractivity contribution in [2.75, 3.05) is 0 Å². The number of nitrogens with zero attached hydrogens (tertiary/aromatic N) is 1. The first-order chi connectivity index (χ1) is 7.18. The van der Waals surface area contributed by atoms with Crippen molar-refractivity contribution >= 4 is 10.9 Å². The van der Waals surface area contributed by atoms with E-state index in [9.17, 15) is 5.11 Å². The van der Waals surface area contributed by atoms with Crippen molar-refractivity contribution in [1.29, 1.82) is 0 Å². The van der Waals surface area contributed by atoms with Gasteiger partial charge < -0.3 is 9.67 Å². The molecule has 15 heavy (non-hydrogen) atoms. The van der Waals surface area contributed by atoms with Gasteiger partial charge in [0.2, 0.25) is 0 Å². The highest BCUT2D eigenvalue weighted by atomic mass is 16.3. The van der Waals surface area contributed by atoms with E-state index >= 15 is 0 Å². The van der Waals surface area contributed by atoms with Crippen LogP contribution in [0.3, 0.4) is 0 Å². The molecule has 2 aromatic rings. The van der Waals surface area contributed by atoms with Gasteiger partial charge in [0.15, 0.2) is 0 Å². The second kappa shape index (κ2) is 4.07. The Balaban J connectivity index is 2.37. The normalized spacial score (nSPS) is 13.3. The van der Waals surface area contributed by atoms with Gasteiger partial charge in [-0.25, -0.2) is 0 Å². The minimum absolute atomic E-state index is 0.222. The summed E-state index contributed by atoms with van der Waals surface area (Å²) in [6.07, 6.45) is 3.62. The number of fused-ring (bicyclic) bond motifs is 1. The van der Waals surface area contributed by atoms with Crippen molar-refractivity contribution in [3.8, 4) is 0 Å². The molecule has 2 rings (SSSR count). The Morgan fingerprint density at radius 3 is 2.87 bits per heavy atom. The van der Waals surface area contributed by atoms with Gasteiger partial charge in [0.1, 0.15) is 0 Å². The summed E-state index contributed by atoms with van der Waals surface area (Å²) in [6, 6.07) is 8.48. The van der Waals surface area contributed by atoms with Crippen molar-refractivity contribution in [1.82, 2.24) is 4.57 Å². The van der Waals surface area contributed by atoms with Gasteiger partial charge in [-0.1, -0.05) is 18.2 Å². The monoisotopic (exact) mass is 203 g/mol. The lowest BCUT2D eigenvalue weighted by molar-refractivity contribution is 0.185. The smallest absolute Gasteiger partial charge is 0.0515 e. The first kappa shape index (κ1) is 10.2. The number of rotatable bonds is 3. The van der Waals surface area contributed by atoms with E-state index in [0.717, 1.165) is 12.8 Å². The van der Waals surface area contributed by atoms with Crippen LogP contribution in [0.25, 0.3) is 10.9 Å². The summed E-state index contributed by atoms with van der Waals surface area (Å²) < 4.78 is 2.15. The molecule has 2 nitrogen and oxygen atoms in total. The van der Waals surface area contributed by atoms with E-state index in [4.69, 9.17) is 0 Å². The highest BCUT2D eigenvalue weighted by Gasteiger charge is 2.05. The van der Waals surface area contributed by atoms with Gasteiger partial charge in [0.05, 0.1) is 11.6 Å². The van der Waals surface area contributed by atoms with Crippen LogP contribution in [0.15, 0.2) is 30.5 Å². The number of para-hydroxylation sites is 1. The summed E-state index contributed by atoms with van der Waals surface area (Å²) in [6.45, 7) is 1.84. The maximum Gasteiger partial charge on any atom is 0.0515 e. The zero-order valence-electron chi connectivity index (χ0n) is 9.27.